The summed E-state index contributed by atoms with van der Waals surface area (Å²) in [5.41, 5.74) is 1.97. The molecule has 2 rings (SSSR count). The molecule has 0 spiro atoms. The Morgan fingerprint density at radius 1 is 1.29 bits per heavy atom. The molecule has 3 nitrogen and oxygen atoms in total. The molecule has 4 heteroatoms. The Morgan fingerprint density at radius 3 is 2.76 bits per heavy atom. The Bertz CT molecular complexity index is 465. The van der Waals surface area contributed by atoms with Crippen LogP contribution < -0.4 is 5.32 Å². The number of benzene rings is 1. The third-order valence-corrected chi connectivity index (χ3v) is 3.09. The average Bonchev–Trinajstić information content (AvgIpc) is 2.79. The Hall–Kier alpha value is -0.880. The van der Waals surface area contributed by atoms with Crippen LogP contribution in [0.15, 0.2) is 34.9 Å². The summed E-state index contributed by atoms with van der Waals surface area (Å²) in [6.07, 6.45) is 2.85. The largest absolute Gasteiger partial charge is 0.444 e. The molecule has 0 saturated heterocycles. The second-order valence-corrected chi connectivity index (χ2v) is 5.07. The molecule has 1 N–H and O–H groups in total. The van der Waals surface area contributed by atoms with Crippen molar-refractivity contribution < 1.29 is 4.42 Å². The summed E-state index contributed by atoms with van der Waals surface area (Å²) in [5.74, 6) is 0.690. The maximum absolute atomic E-state index is 5.47. The quantitative estimate of drug-likeness (QED) is 0.668. The molecule has 17 heavy (non-hydrogen) atoms. The summed E-state index contributed by atoms with van der Waals surface area (Å²) in [5, 5.41) is 3.30. The highest BCUT2D eigenvalue weighted by atomic mass is 127. The van der Waals surface area contributed by atoms with Crippen molar-refractivity contribution in [3.05, 3.63) is 39.8 Å². The first-order valence-corrected chi connectivity index (χ1v) is 6.78. The van der Waals surface area contributed by atoms with E-state index in [-0.39, 0.29) is 0 Å². The fourth-order valence-corrected chi connectivity index (χ4v) is 1.87. The van der Waals surface area contributed by atoms with E-state index in [1.54, 1.807) is 6.26 Å². The van der Waals surface area contributed by atoms with Gasteiger partial charge < -0.3 is 9.73 Å². The zero-order chi connectivity index (χ0) is 12.1. The minimum Gasteiger partial charge on any atom is -0.444 e. The first-order chi connectivity index (χ1) is 8.29. The van der Waals surface area contributed by atoms with E-state index in [4.69, 9.17) is 4.42 Å². The Kier molecular flexibility index (Phi) is 4.56. The maximum atomic E-state index is 5.47. The van der Waals surface area contributed by atoms with E-state index in [1.165, 1.54) is 3.57 Å². The summed E-state index contributed by atoms with van der Waals surface area (Å²) >= 11 is 2.28. The monoisotopic (exact) mass is 342 g/mol. The van der Waals surface area contributed by atoms with E-state index in [2.05, 4.69) is 51.9 Å². The molecule has 0 bridgehead atoms. The molecule has 0 atom stereocenters. The second kappa shape index (κ2) is 6.16. The third-order valence-electron chi connectivity index (χ3n) is 2.38. The van der Waals surface area contributed by atoms with Gasteiger partial charge in [0.1, 0.15) is 6.26 Å². The van der Waals surface area contributed by atoms with E-state index in [0.29, 0.717) is 5.89 Å². The number of nitrogens with one attached hydrogen (secondary N) is 1. The lowest BCUT2D eigenvalue weighted by atomic mass is 10.2. The van der Waals surface area contributed by atoms with Crippen molar-refractivity contribution in [1.29, 1.82) is 0 Å². The number of halogens is 1. The zero-order valence-electron chi connectivity index (χ0n) is 9.74. The first kappa shape index (κ1) is 12.6. The minimum absolute atomic E-state index is 0.690. The molecule has 0 unspecified atom stereocenters. The second-order valence-electron chi connectivity index (χ2n) is 3.83. The molecular formula is C13H15IN2O. The Balaban J connectivity index is 2.04. The predicted molar refractivity (Wildman–Crippen MR) is 76.7 cm³/mol. The molecule has 90 valence electrons. The molecule has 0 fully saturated rings. The first-order valence-electron chi connectivity index (χ1n) is 5.70. The average molecular weight is 342 g/mol. The van der Waals surface area contributed by atoms with Crippen LogP contribution in [0.1, 0.15) is 19.0 Å². The summed E-state index contributed by atoms with van der Waals surface area (Å²) < 4.78 is 6.68. The van der Waals surface area contributed by atoms with Gasteiger partial charge in [-0.1, -0.05) is 6.92 Å². The molecule has 0 saturated carbocycles. The van der Waals surface area contributed by atoms with Gasteiger partial charge in [0.2, 0.25) is 5.89 Å². The molecule has 0 aliphatic heterocycles. The lowest BCUT2D eigenvalue weighted by Gasteiger charge is -1.97. The molecule has 1 aromatic heterocycles. The summed E-state index contributed by atoms with van der Waals surface area (Å²) in [4.78, 5) is 4.45. The van der Waals surface area contributed by atoms with Gasteiger partial charge in [0.15, 0.2) is 0 Å². The standard InChI is InChI=1S/C13H15IN2O/c1-2-7-15-8-12-9-17-13(16-12)10-3-5-11(14)6-4-10/h3-6,9,15H,2,7-8H2,1H3. The molecule has 0 radical (unpaired) electrons. The molecule has 0 aliphatic rings. The van der Waals surface area contributed by atoms with Gasteiger partial charge in [0.05, 0.1) is 5.69 Å². The van der Waals surface area contributed by atoms with Crippen LogP contribution >= 0.6 is 22.6 Å². The smallest absolute Gasteiger partial charge is 0.226 e. The van der Waals surface area contributed by atoms with Crippen molar-refractivity contribution in [2.45, 2.75) is 19.9 Å². The molecule has 1 aromatic carbocycles. The molecule has 0 aliphatic carbocycles. The van der Waals surface area contributed by atoms with E-state index in [0.717, 1.165) is 30.8 Å². The van der Waals surface area contributed by atoms with Gasteiger partial charge >= 0.3 is 0 Å². The highest BCUT2D eigenvalue weighted by Gasteiger charge is 2.05. The van der Waals surface area contributed by atoms with Gasteiger partial charge in [-0.2, -0.15) is 0 Å². The van der Waals surface area contributed by atoms with Gasteiger partial charge in [-0.05, 0) is 59.8 Å². The number of hydrogen-bond acceptors (Lipinski definition) is 3. The van der Waals surface area contributed by atoms with Crippen molar-refractivity contribution in [2.75, 3.05) is 6.54 Å². The van der Waals surface area contributed by atoms with Crippen molar-refractivity contribution in [2.24, 2.45) is 0 Å². The van der Waals surface area contributed by atoms with Crippen molar-refractivity contribution in [3.8, 4) is 11.5 Å². The number of oxazole rings is 1. The number of aromatic nitrogens is 1. The number of nitrogens with zero attached hydrogens (tertiary/aromatic N) is 1. The fourth-order valence-electron chi connectivity index (χ4n) is 1.51. The van der Waals surface area contributed by atoms with Gasteiger partial charge in [-0.15, -0.1) is 0 Å². The van der Waals surface area contributed by atoms with Crippen LogP contribution in [0.3, 0.4) is 0 Å². The highest BCUT2D eigenvalue weighted by Crippen LogP contribution is 2.19. The molecule has 1 heterocycles. The zero-order valence-corrected chi connectivity index (χ0v) is 11.9. The Morgan fingerprint density at radius 2 is 2.06 bits per heavy atom. The topological polar surface area (TPSA) is 38.1 Å². The van der Waals surface area contributed by atoms with E-state index in [1.807, 2.05) is 12.1 Å². The van der Waals surface area contributed by atoms with Gasteiger partial charge in [-0.3, -0.25) is 0 Å². The normalized spacial score (nSPS) is 10.7. The summed E-state index contributed by atoms with van der Waals surface area (Å²) in [7, 11) is 0. The van der Waals surface area contributed by atoms with Crippen LogP contribution in [-0.2, 0) is 6.54 Å². The SMILES string of the molecule is CCCNCc1coc(-c2ccc(I)cc2)n1. The van der Waals surface area contributed by atoms with E-state index < -0.39 is 0 Å². The van der Waals surface area contributed by atoms with Gasteiger partial charge in [0, 0.05) is 15.7 Å². The van der Waals surface area contributed by atoms with Crippen molar-refractivity contribution in [3.63, 3.8) is 0 Å². The predicted octanol–water partition coefficient (Wildman–Crippen LogP) is 3.45. The van der Waals surface area contributed by atoms with Crippen molar-refractivity contribution >= 4 is 22.6 Å². The summed E-state index contributed by atoms with van der Waals surface area (Å²) in [6.45, 7) is 3.92. The number of rotatable bonds is 5. The van der Waals surface area contributed by atoms with Crippen LogP contribution in [0, 0.1) is 3.57 Å². The highest BCUT2D eigenvalue weighted by molar-refractivity contribution is 14.1. The van der Waals surface area contributed by atoms with Crippen LogP contribution in [-0.4, -0.2) is 11.5 Å². The third kappa shape index (κ3) is 3.54. The lowest BCUT2D eigenvalue weighted by Crippen LogP contribution is -2.13. The van der Waals surface area contributed by atoms with Gasteiger partial charge in [0.25, 0.3) is 0 Å². The molecule has 0 amide bonds. The summed E-state index contributed by atoms with van der Waals surface area (Å²) in [6, 6.07) is 8.15. The Labute approximate surface area is 115 Å². The van der Waals surface area contributed by atoms with Crippen LogP contribution in [0.25, 0.3) is 11.5 Å². The molecular weight excluding hydrogens is 327 g/mol. The van der Waals surface area contributed by atoms with Crippen LogP contribution in [0.2, 0.25) is 0 Å². The molecule has 2 aromatic rings. The van der Waals surface area contributed by atoms with E-state index >= 15 is 0 Å². The van der Waals surface area contributed by atoms with E-state index in [9.17, 15) is 0 Å². The lowest BCUT2D eigenvalue weighted by molar-refractivity contribution is 0.570. The van der Waals surface area contributed by atoms with Crippen molar-refractivity contribution in [1.82, 2.24) is 10.3 Å². The minimum atomic E-state index is 0.690. The number of hydrogen-bond donors (Lipinski definition) is 1. The maximum Gasteiger partial charge on any atom is 0.226 e. The van der Waals surface area contributed by atoms with Gasteiger partial charge in [-0.25, -0.2) is 4.98 Å². The van der Waals surface area contributed by atoms with Crippen LogP contribution in [0.4, 0.5) is 0 Å². The van der Waals surface area contributed by atoms with Crippen LogP contribution in [0.5, 0.6) is 0 Å². The fraction of sp³-hybridized carbons (Fsp3) is 0.308.